The molecule has 1 saturated heterocycles. The molecule has 0 bridgehead atoms. The highest BCUT2D eigenvalue weighted by Crippen LogP contribution is 2.32. The van der Waals surface area contributed by atoms with Crippen LogP contribution in [0.2, 0.25) is 0 Å². The second-order valence-electron chi connectivity index (χ2n) is 7.53. The lowest BCUT2D eigenvalue weighted by Gasteiger charge is -2.17. The summed E-state index contributed by atoms with van der Waals surface area (Å²) >= 11 is 4.33. The van der Waals surface area contributed by atoms with E-state index in [2.05, 4.69) is 38.2 Å². The van der Waals surface area contributed by atoms with Crippen molar-refractivity contribution in [3.05, 3.63) is 6.33 Å². The van der Waals surface area contributed by atoms with Gasteiger partial charge in [-0.25, -0.2) is 9.97 Å². The number of nitrogens with two attached hydrogens (primary N) is 1. The molecule has 2 aromatic rings. The molecule has 0 aromatic carbocycles. The molecule has 3 unspecified atom stereocenters. The SMILES string of the molecule is NC(CCC(=O)O)C(=O)NCCCNc1nc(S)c2ncn(C3O[C@H](CO)[C@H](O)C3O)c2n1. The Labute approximate surface area is 193 Å². The van der Waals surface area contributed by atoms with Gasteiger partial charge in [0.2, 0.25) is 11.9 Å². The highest BCUT2D eigenvalue weighted by molar-refractivity contribution is 7.80. The van der Waals surface area contributed by atoms with Crippen LogP contribution in [0.25, 0.3) is 11.2 Å². The summed E-state index contributed by atoms with van der Waals surface area (Å²) in [7, 11) is 0. The number of nitrogens with zero attached hydrogens (tertiary/aromatic N) is 4. The number of carbonyl (C=O) groups is 2. The number of aliphatic carboxylic acids is 1. The van der Waals surface area contributed by atoms with Crippen LogP contribution in [-0.2, 0) is 14.3 Å². The number of hydrogen-bond acceptors (Lipinski definition) is 12. The Balaban J connectivity index is 1.57. The van der Waals surface area contributed by atoms with Crippen LogP contribution >= 0.6 is 12.6 Å². The van der Waals surface area contributed by atoms with Crippen LogP contribution in [0.1, 0.15) is 25.5 Å². The fourth-order valence-electron chi connectivity index (χ4n) is 3.32. The molecule has 0 spiro atoms. The van der Waals surface area contributed by atoms with Gasteiger partial charge in [0, 0.05) is 19.5 Å². The summed E-state index contributed by atoms with van der Waals surface area (Å²) in [5, 5.41) is 44.2. The van der Waals surface area contributed by atoms with E-state index in [1.54, 1.807) is 0 Å². The minimum absolute atomic E-state index is 0.0567. The Hall–Kier alpha value is -2.56. The first-order valence-electron chi connectivity index (χ1n) is 10.3. The molecule has 0 radical (unpaired) electrons. The molecule has 182 valence electrons. The van der Waals surface area contributed by atoms with Crippen LogP contribution in [0.4, 0.5) is 5.95 Å². The lowest BCUT2D eigenvalue weighted by Crippen LogP contribution is -2.41. The number of carboxylic acid groups (broad SMARTS) is 1. The summed E-state index contributed by atoms with van der Waals surface area (Å²) < 4.78 is 6.97. The van der Waals surface area contributed by atoms with E-state index in [0.29, 0.717) is 30.7 Å². The molecule has 15 heteroatoms. The number of anilines is 1. The average molecular weight is 486 g/mol. The summed E-state index contributed by atoms with van der Waals surface area (Å²) in [6.45, 7) is 0.246. The number of carbonyl (C=O) groups excluding carboxylic acids is 1. The molecule has 1 amide bonds. The van der Waals surface area contributed by atoms with Crippen molar-refractivity contribution >= 4 is 41.6 Å². The predicted octanol–water partition coefficient (Wildman–Crippen LogP) is -2.16. The molecule has 1 fully saturated rings. The highest BCUT2D eigenvalue weighted by Gasteiger charge is 2.44. The number of ether oxygens (including phenoxy) is 1. The standard InChI is InChI=1S/C18H27N7O7S/c19-8(2-3-10(27)28)15(31)20-4-1-5-21-18-23-14-11(16(33)24-18)22-7-25(14)17-13(30)12(29)9(6-26)32-17/h7-9,12-13,17,26,29-30H,1-6,19H2,(H,20,31)(H,27,28)(H2,21,23,24,33)/t8?,9-,12+,13?,17?/m1/s1. The number of imidazole rings is 1. The zero-order valence-electron chi connectivity index (χ0n) is 17.5. The number of fused-ring (bicyclic) bond motifs is 1. The maximum absolute atomic E-state index is 11.8. The average Bonchev–Trinajstić information content (AvgIpc) is 3.32. The lowest BCUT2D eigenvalue weighted by molar-refractivity contribution is -0.137. The number of amides is 1. The number of hydrogen-bond donors (Lipinski definition) is 8. The molecule has 33 heavy (non-hydrogen) atoms. The Bertz CT molecular complexity index is 990. The minimum atomic E-state index is -1.29. The van der Waals surface area contributed by atoms with Crippen molar-refractivity contribution in [2.45, 2.75) is 54.9 Å². The monoisotopic (exact) mass is 485 g/mol. The van der Waals surface area contributed by atoms with E-state index >= 15 is 0 Å². The molecular formula is C18H27N7O7S. The van der Waals surface area contributed by atoms with Crippen LogP contribution < -0.4 is 16.4 Å². The molecule has 3 heterocycles. The maximum Gasteiger partial charge on any atom is 0.303 e. The third kappa shape index (κ3) is 5.87. The zero-order valence-corrected chi connectivity index (χ0v) is 18.4. The van der Waals surface area contributed by atoms with Gasteiger partial charge in [0.1, 0.15) is 28.9 Å². The van der Waals surface area contributed by atoms with Gasteiger partial charge >= 0.3 is 5.97 Å². The fraction of sp³-hybridized carbons (Fsp3) is 0.611. The predicted molar refractivity (Wildman–Crippen MR) is 117 cm³/mol. The Morgan fingerprint density at radius 3 is 2.70 bits per heavy atom. The number of aromatic nitrogens is 4. The van der Waals surface area contributed by atoms with E-state index in [9.17, 15) is 24.9 Å². The molecule has 8 N–H and O–H groups in total. The second-order valence-corrected chi connectivity index (χ2v) is 7.96. The van der Waals surface area contributed by atoms with Gasteiger partial charge in [-0.1, -0.05) is 0 Å². The third-order valence-corrected chi connectivity index (χ3v) is 5.45. The quantitative estimate of drug-likeness (QED) is 0.0969. The van der Waals surface area contributed by atoms with Gasteiger partial charge in [0.05, 0.1) is 19.0 Å². The van der Waals surface area contributed by atoms with Crippen molar-refractivity contribution < 1.29 is 34.8 Å². The molecule has 0 aliphatic carbocycles. The summed E-state index contributed by atoms with van der Waals surface area (Å²) in [5.74, 6) is -1.21. The van der Waals surface area contributed by atoms with Gasteiger partial charge in [-0.05, 0) is 12.8 Å². The van der Waals surface area contributed by atoms with E-state index in [1.165, 1.54) is 10.9 Å². The van der Waals surface area contributed by atoms with Gasteiger partial charge < -0.3 is 41.5 Å². The Kier molecular flexibility index (Phi) is 8.39. The van der Waals surface area contributed by atoms with Crippen LogP contribution in [0.5, 0.6) is 0 Å². The van der Waals surface area contributed by atoms with E-state index in [0.717, 1.165) is 0 Å². The fourth-order valence-corrected chi connectivity index (χ4v) is 3.57. The van der Waals surface area contributed by atoms with Gasteiger partial charge in [-0.15, -0.1) is 12.6 Å². The van der Waals surface area contributed by atoms with Crippen molar-refractivity contribution in [3.8, 4) is 0 Å². The minimum Gasteiger partial charge on any atom is -0.481 e. The molecule has 1 aliphatic rings. The van der Waals surface area contributed by atoms with Crippen molar-refractivity contribution in [1.82, 2.24) is 24.8 Å². The van der Waals surface area contributed by atoms with Gasteiger partial charge in [-0.2, -0.15) is 4.98 Å². The van der Waals surface area contributed by atoms with Crippen molar-refractivity contribution in [1.29, 1.82) is 0 Å². The third-order valence-electron chi connectivity index (χ3n) is 5.14. The van der Waals surface area contributed by atoms with Crippen LogP contribution in [0, 0.1) is 0 Å². The number of aliphatic hydroxyl groups is 3. The summed E-state index contributed by atoms with van der Waals surface area (Å²) in [5.41, 5.74) is 6.32. The smallest absolute Gasteiger partial charge is 0.303 e. The summed E-state index contributed by atoms with van der Waals surface area (Å²) in [6.07, 6.45) is -2.73. The van der Waals surface area contributed by atoms with Gasteiger partial charge in [0.15, 0.2) is 11.9 Å². The Morgan fingerprint density at radius 2 is 2.03 bits per heavy atom. The normalized spacial score (nSPS) is 23.5. The van der Waals surface area contributed by atoms with Gasteiger partial charge in [-0.3, -0.25) is 14.2 Å². The second kappa shape index (κ2) is 11.0. The summed E-state index contributed by atoms with van der Waals surface area (Å²) in [4.78, 5) is 35.2. The number of rotatable bonds is 11. The largest absolute Gasteiger partial charge is 0.481 e. The van der Waals surface area contributed by atoms with E-state index in [-0.39, 0.29) is 23.8 Å². The summed E-state index contributed by atoms with van der Waals surface area (Å²) in [6, 6.07) is -0.885. The molecule has 5 atom stereocenters. The molecule has 0 saturated carbocycles. The molecule has 1 aliphatic heterocycles. The number of nitrogens with one attached hydrogen (secondary N) is 2. The highest BCUT2D eigenvalue weighted by atomic mass is 32.1. The lowest BCUT2D eigenvalue weighted by atomic mass is 10.1. The van der Waals surface area contributed by atoms with E-state index in [4.69, 9.17) is 15.6 Å². The molecule has 2 aromatic heterocycles. The van der Waals surface area contributed by atoms with Crippen LogP contribution in [-0.4, -0.2) is 95.9 Å². The number of aliphatic hydroxyl groups excluding tert-OH is 3. The topological polar surface area (TPSA) is 218 Å². The van der Waals surface area contributed by atoms with E-state index in [1.807, 2.05) is 0 Å². The molecule has 3 rings (SSSR count). The van der Waals surface area contributed by atoms with Crippen LogP contribution in [0.3, 0.4) is 0 Å². The number of thiol groups is 1. The molecular weight excluding hydrogens is 458 g/mol. The van der Waals surface area contributed by atoms with Crippen molar-refractivity contribution in [3.63, 3.8) is 0 Å². The first-order valence-corrected chi connectivity index (χ1v) is 10.7. The molecule has 14 nitrogen and oxygen atoms in total. The Morgan fingerprint density at radius 1 is 1.27 bits per heavy atom. The maximum atomic E-state index is 11.8. The van der Waals surface area contributed by atoms with Crippen molar-refractivity contribution in [2.75, 3.05) is 25.0 Å². The first kappa shape index (κ1) is 25.1. The van der Waals surface area contributed by atoms with Crippen molar-refractivity contribution in [2.24, 2.45) is 5.73 Å². The number of carboxylic acids is 1. The van der Waals surface area contributed by atoms with Gasteiger partial charge in [0.25, 0.3) is 0 Å². The zero-order chi connectivity index (χ0) is 24.1. The van der Waals surface area contributed by atoms with Crippen LogP contribution in [0.15, 0.2) is 11.4 Å². The first-order chi connectivity index (χ1) is 15.7. The van der Waals surface area contributed by atoms with E-state index < -0.39 is 49.1 Å².